The number of hydrogen-bond acceptors (Lipinski definition) is 3. The summed E-state index contributed by atoms with van der Waals surface area (Å²) in [6, 6.07) is 10.6. The van der Waals surface area contributed by atoms with E-state index in [0.717, 1.165) is 17.4 Å². The Morgan fingerprint density at radius 2 is 1.79 bits per heavy atom. The van der Waals surface area contributed by atoms with Crippen molar-refractivity contribution in [2.45, 2.75) is 0 Å². The minimum Gasteiger partial charge on any atom is -0.497 e. The zero-order chi connectivity index (χ0) is 13.8. The number of aldehydes is 1. The highest BCUT2D eigenvalue weighted by Crippen LogP contribution is 2.35. The Morgan fingerprint density at radius 3 is 2.42 bits per heavy atom. The van der Waals surface area contributed by atoms with Crippen molar-refractivity contribution in [2.75, 3.05) is 14.2 Å². The molecule has 2 aromatic carbocycles. The average molecular weight is 277 g/mol. The number of methoxy groups -OCH3 is 2. The third-order valence-electron chi connectivity index (χ3n) is 2.84. The second-order valence-electron chi connectivity index (χ2n) is 3.92. The molecule has 0 aliphatic carbocycles. The highest BCUT2D eigenvalue weighted by molar-refractivity contribution is 6.31. The maximum absolute atomic E-state index is 11.2. The molecule has 19 heavy (non-hydrogen) atoms. The Bertz CT molecular complexity index is 608. The summed E-state index contributed by atoms with van der Waals surface area (Å²) in [5.74, 6) is 1.37. The summed E-state index contributed by atoms with van der Waals surface area (Å²) in [7, 11) is 3.18. The lowest BCUT2D eigenvalue weighted by molar-refractivity contribution is 0.112. The normalized spacial score (nSPS) is 10.1. The van der Waals surface area contributed by atoms with Crippen LogP contribution in [0.3, 0.4) is 0 Å². The lowest BCUT2D eigenvalue weighted by Gasteiger charge is -2.12. The fourth-order valence-corrected chi connectivity index (χ4v) is 2.08. The quantitative estimate of drug-likeness (QED) is 0.796. The first-order chi connectivity index (χ1) is 9.19. The highest BCUT2D eigenvalue weighted by atomic mass is 35.5. The maximum Gasteiger partial charge on any atom is 0.150 e. The maximum atomic E-state index is 11.2. The van der Waals surface area contributed by atoms with E-state index in [0.29, 0.717) is 22.1 Å². The Kier molecular flexibility index (Phi) is 4.07. The summed E-state index contributed by atoms with van der Waals surface area (Å²) in [6.45, 7) is 0. The van der Waals surface area contributed by atoms with Crippen molar-refractivity contribution in [3.05, 3.63) is 47.0 Å². The zero-order valence-electron chi connectivity index (χ0n) is 10.6. The van der Waals surface area contributed by atoms with E-state index in [1.54, 1.807) is 44.6 Å². The molecule has 0 radical (unpaired) electrons. The minimum atomic E-state index is 0.513. The van der Waals surface area contributed by atoms with E-state index >= 15 is 0 Å². The van der Waals surface area contributed by atoms with Gasteiger partial charge in [0.1, 0.15) is 11.5 Å². The van der Waals surface area contributed by atoms with E-state index in [4.69, 9.17) is 21.1 Å². The first kappa shape index (κ1) is 13.4. The van der Waals surface area contributed by atoms with Gasteiger partial charge in [-0.1, -0.05) is 17.7 Å². The molecule has 98 valence electrons. The summed E-state index contributed by atoms with van der Waals surface area (Å²) in [5.41, 5.74) is 2.06. The molecule has 0 saturated heterocycles. The lowest BCUT2D eigenvalue weighted by Crippen LogP contribution is -1.93. The predicted octanol–water partition coefficient (Wildman–Crippen LogP) is 3.84. The summed E-state index contributed by atoms with van der Waals surface area (Å²) in [5, 5.41) is 0.521. The van der Waals surface area contributed by atoms with Gasteiger partial charge in [-0.2, -0.15) is 0 Å². The van der Waals surface area contributed by atoms with Gasteiger partial charge < -0.3 is 9.47 Å². The first-order valence-electron chi connectivity index (χ1n) is 5.66. The van der Waals surface area contributed by atoms with Gasteiger partial charge in [-0.3, -0.25) is 4.79 Å². The first-order valence-corrected chi connectivity index (χ1v) is 6.04. The summed E-state index contributed by atoms with van der Waals surface area (Å²) in [4.78, 5) is 11.2. The van der Waals surface area contributed by atoms with Gasteiger partial charge in [0, 0.05) is 16.1 Å². The number of benzene rings is 2. The molecule has 0 amide bonds. The van der Waals surface area contributed by atoms with E-state index in [9.17, 15) is 4.79 Å². The zero-order valence-corrected chi connectivity index (χ0v) is 11.4. The van der Waals surface area contributed by atoms with Crippen LogP contribution < -0.4 is 9.47 Å². The Labute approximate surface area is 116 Å². The molecule has 0 unspecified atom stereocenters. The van der Waals surface area contributed by atoms with Crippen molar-refractivity contribution in [3.63, 3.8) is 0 Å². The van der Waals surface area contributed by atoms with E-state index in [-0.39, 0.29) is 0 Å². The topological polar surface area (TPSA) is 35.5 Å². The molecule has 0 N–H and O–H groups in total. The monoisotopic (exact) mass is 276 g/mol. The van der Waals surface area contributed by atoms with Gasteiger partial charge in [-0.15, -0.1) is 0 Å². The largest absolute Gasteiger partial charge is 0.497 e. The standard InChI is InChI=1S/C15H13ClO3/c1-18-12-4-6-15(19-2)14(8-12)13-5-3-11(16)7-10(13)9-17/h3-9H,1-2H3. The smallest absolute Gasteiger partial charge is 0.150 e. The van der Waals surface area contributed by atoms with Gasteiger partial charge in [-0.25, -0.2) is 0 Å². The van der Waals surface area contributed by atoms with Crippen LogP contribution in [0, 0.1) is 0 Å². The average Bonchev–Trinajstić information content (AvgIpc) is 2.46. The fourth-order valence-electron chi connectivity index (χ4n) is 1.90. The van der Waals surface area contributed by atoms with Crippen LogP contribution in [0.1, 0.15) is 10.4 Å². The molecule has 2 aromatic rings. The molecule has 0 bridgehead atoms. The molecule has 0 atom stereocenters. The molecule has 0 heterocycles. The number of hydrogen-bond donors (Lipinski definition) is 0. The van der Waals surface area contributed by atoms with Crippen LogP contribution in [0.15, 0.2) is 36.4 Å². The van der Waals surface area contributed by atoms with Crippen LogP contribution in [0.4, 0.5) is 0 Å². The second-order valence-corrected chi connectivity index (χ2v) is 4.35. The van der Waals surface area contributed by atoms with Crippen molar-refractivity contribution < 1.29 is 14.3 Å². The van der Waals surface area contributed by atoms with Crippen LogP contribution in [0.2, 0.25) is 5.02 Å². The van der Waals surface area contributed by atoms with Crippen LogP contribution >= 0.6 is 11.6 Å². The molecule has 0 fully saturated rings. The summed E-state index contributed by atoms with van der Waals surface area (Å²) < 4.78 is 10.5. The van der Waals surface area contributed by atoms with Gasteiger partial charge in [-0.05, 0) is 35.9 Å². The van der Waals surface area contributed by atoms with E-state index in [1.165, 1.54) is 0 Å². The van der Waals surface area contributed by atoms with Crippen LogP contribution in [0.25, 0.3) is 11.1 Å². The highest BCUT2D eigenvalue weighted by Gasteiger charge is 2.12. The van der Waals surface area contributed by atoms with Crippen LogP contribution in [-0.4, -0.2) is 20.5 Å². The summed E-state index contributed by atoms with van der Waals surface area (Å²) in [6.07, 6.45) is 0.778. The predicted molar refractivity (Wildman–Crippen MR) is 75.4 cm³/mol. The lowest BCUT2D eigenvalue weighted by atomic mass is 9.99. The molecule has 0 aliphatic rings. The second kappa shape index (κ2) is 5.76. The van der Waals surface area contributed by atoms with Crippen molar-refractivity contribution in [1.29, 1.82) is 0 Å². The third-order valence-corrected chi connectivity index (χ3v) is 3.07. The molecule has 3 nitrogen and oxygen atoms in total. The molecule has 0 saturated carbocycles. The number of carbonyl (C=O) groups is 1. The number of carbonyl (C=O) groups excluding carboxylic acids is 1. The van der Waals surface area contributed by atoms with E-state index in [2.05, 4.69) is 0 Å². The molecule has 0 spiro atoms. The Morgan fingerprint density at radius 1 is 1.00 bits per heavy atom. The van der Waals surface area contributed by atoms with Gasteiger partial charge in [0.15, 0.2) is 6.29 Å². The molecule has 0 aliphatic heterocycles. The van der Waals surface area contributed by atoms with Gasteiger partial charge in [0.2, 0.25) is 0 Å². The van der Waals surface area contributed by atoms with E-state index < -0.39 is 0 Å². The van der Waals surface area contributed by atoms with Gasteiger partial charge >= 0.3 is 0 Å². The van der Waals surface area contributed by atoms with Gasteiger partial charge in [0.05, 0.1) is 14.2 Å². The Balaban J connectivity index is 2.66. The molecule has 4 heteroatoms. The number of halogens is 1. The van der Waals surface area contributed by atoms with Gasteiger partial charge in [0.25, 0.3) is 0 Å². The van der Waals surface area contributed by atoms with Crippen LogP contribution in [0.5, 0.6) is 11.5 Å². The summed E-state index contributed by atoms with van der Waals surface area (Å²) >= 11 is 5.90. The number of ether oxygens (including phenoxy) is 2. The Hall–Kier alpha value is -2.00. The SMILES string of the molecule is COc1ccc(OC)c(-c2ccc(Cl)cc2C=O)c1. The van der Waals surface area contributed by atoms with Crippen molar-refractivity contribution in [3.8, 4) is 22.6 Å². The van der Waals surface area contributed by atoms with E-state index in [1.807, 2.05) is 6.07 Å². The number of rotatable bonds is 4. The molecule has 2 rings (SSSR count). The van der Waals surface area contributed by atoms with Crippen molar-refractivity contribution in [1.82, 2.24) is 0 Å². The van der Waals surface area contributed by atoms with Crippen molar-refractivity contribution >= 4 is 17.9 Å². The molecular weight excluding hydrogens is 264 g/mol. The molecular formula is C15H13ClO3. The van der Waals surface area contributed by atoms with Crippen LogP contribution in [-0.2, 0) is 0 Å². The van der Waals surface area contributed by atoms with Crippen molar-refractivity contribution in [2.24, 2.45) is 0 Å². The molecule has 0 aromatic heterocycles. The fraction of sp³-hybridized carbons (Fsp3) is 0.133. The third kappa shape index (κ3) is 2.71. The minimum absolute atomic E-state index is 0.513.